The predicted molar refractivity (Wildman–Crippen MR) is 106 cm³/mol. The zero-order chi connectivity index (χ0) is 18.6. The van der Waals surface area contributed by atoms with Gasteiger partial charge < -0.3 is 0 Å². The van der Waals surface area contributed by atoms with E-state index in [1.165, 1.54) is 29.5 Å². The Bertz CT molecular complexity index is 848. The van der Waals surface area contributed by atoms with E-state index in [0.29, 0.717) is 6.54 Å². The van der Waals surface area contributed by atoms with Gasteiger partial charge in [0.15, 0.2) is 5.82 Å². The Kier molecular flexibility index (Phi) is 5.30. The van der Waals surface area contributed by atoms with Gasteiger partial charge in [-0.25, -0.2) is 4.68 Å². The second kappa shape index (κ2) is 8.01. The van der Waals surface area contributed by atoms with Gasteiger partial charge in [-0.2, -0.15) is 0 Å². The topological polar surface area (TPSA) is 46.8 Å². The zero-order valence-corrected chi connectivity index (χ0v) is 16.1. The van der Waals surface area contributed by atoms with Gasteiger partial charge in [-0.3, -0.25) is 4.90 Å². The Balaban J connectivity index is 1.69. The molecule has 5 heteroatoms. The number of aromatic nitrogens is 4. The summed E-state index contributed by atoms with van der Waals surface area (Å²) in [4.78, 5) is 2.54. The molecule has 2 heterocycles. The average molecular weight is 361 g/mol. The predicted octanol–water partition coefficient (Wildman–Crippen LogP) is 3.85. The highest BCUT2D eigenvalue weighted by Gasteiger charge is 2.30. The lowest BCUT2D eigenvalue weighted by Crippen LogP contribution is -2.38. The Morgan fingerprint density at radius 2 is 1.70 bits per heavy atom. The molecule has 0 radical (unpaired) electrons. The lowest BCUT2D eigenvalue weighted by Gasteiger charge is -2.36. The summed E-state index contributed by atoms with van der Waals surface area (Å²) in [6.07, 6.45) is 2.45. The van der Waals surface area contributed by atoms with E-state index in [1.807, 2.05) is 10.7 Å². The maximum atomic E-state index is 4.47. The standard InChI is InChI=1S/C22H27N5/c1-17-8-10-20(11-9-17)21(26-14-12-18(2)13-15-26)22-23-24-25-27(22)16-19-6-4-3-5-7-19/h3-11,18,21H,12-16H2,1-2H3. The van der Waals surface area contributed by atoms with E-state index in [2.05, 4.69) is 82.8 Å². The normalized spacial score (nSPS) is 17.1. The molecule has 3 aromatic rings. The number of tetrazole rings is 1. The number of piperidine rings is 1. The number of hydrogen-bond acceptors (Lipinski definition) is 4. The van der Waals surface area contributed by atoms with E-state index >= 15 is 0 Å². The Hall–Kier alpha value is -2.53. The van der Waals surface area contributed by atoms with Crippen molar-refractivity contribution in [3.63, 3.8) is 0 Å². The monoisotopic (exact) mass is 361 g/mol. The maximum absolute atomic E-state index is 4.47. The first-order valence-corrected chi connectivity index (χ1v) is 9.81. The average Bonchev–Trinajstić information content (AvgIpc) is 3.13. The minimum atomic E-state index is 0.0943. The molecule has 1 aliphatic heterocycles. The van der Waals surface area contributed by atoms with Crippen molar-refractivity contribution in [3.8, 4) is 0 Å². The number of likely N-dealkylation sites (tertiary alicyclic amines) is 1. The van der Waals surface area contributed by atoms with Gasteiger partial charge in [0.05, 0.1) is 12.6 Å². The molecule has 0 aliphatic carbocycles. The van der Waals surface area contributed by atoms with E-state index in [9.17, 15) is 0 Å². The van der Waals surface area contributed by atoms with Crippen molar-refractivity contribution in [1.29, 1.82) is 0 Å². The molecule has 5 nitrogen and oxygen atoms in total. The summed E-state index contributed by atoms with van der Waals surface area (Å²) in [6, 6.07) is 19.3. The second-order valence-corrected chi connectivity index (χ2v) is 7.71. The van der Waals surface area contributed by atoms with Gasteiger partial charge in [-0.15, -0.1) is 5.10 Å². The highest BCUT2D eigenvalue weighted by Crippen LogP contribution is 2.31. The first kappa shape index (κ1) is 17.9. The summed E-state index contributed by atoms with van der Waals surface area (Å²) >= 11 is 0. The van der Waals surface area contributed by atoms with Gasteiger partial charge in [0, 0.05) is 0 Å². The van der Waals surface area contributed by atoms with Crippen LogP contribution in [0.15, 0.2) is 54.6 Å². The van der Waals surface area contributed by atoms with Crippen LogP contribution >= 0.6 is 0 Å². The molecule has 2 aromatic carbocycles. The van der Waals surface area contributed by atoms with E-state index in [0.717, 1.165) is 24.8 Å². The smallest absolute Gasteiger partial charge is 0.173 e. The highest BCUT2D eigenvalue weighted by atomic mass is 15.5. The van der Waals surface area contributed by atoms with E-state index in [4.69, 9.17) is 0 Å². The Morgan fingerprint density at radius 3 is 2.41 bits per heavy atom. The van der Waals surface area contributed by atoms with Crippen LogP contribution in [-0.2, 0) is 6.54 Å². The number of benzene rings is 2. The summed E-state index contributed by atoms with van der Waals surface area (Å²) in [5.41, 5.74) is 3.74. The van der Waals surface area contributed by atoms with Crippen molar-refractivity contribution in [2.75, 3.05) is 13.1 Å². The van der Waals surface area contributed by atoms with Crippen molar-refractivity contribution < 1.29 is 0 Å². The molecule has 1 aliphatic rings. The van der Waals surface area contributed by atoms with Crippen LogP contribution < -0.4 is 0 Å². The fourth-order valence-corrected chi connectivity index (χ4v) is 3.84. The van der Waals surface area contributed by atoms with Gasteiger partial charge >= 0.3 is 0 Å². The van der Waals surface area contributed by atoms with Gasteiger partial charge in [0.25, 0.3) is 0 Å². The molecule has 0 saturated carbocycles. The van der Waals surface area contributed by atoms with Crippen molar-refractivity contribution in [2.24, 2.45) is 5.92 Å². The van der Waals surface area contributed by atoms with Gasteiger partial charge in [-0.05, 0) is 60.3 Å². The number of rotatable bonds is 5. The van der Waals surface area contributed by atoms with Crippen LogP contribution in [0.4, 0.5) is 0 Å². The van der Waals surface area contributed by atoms with Crippen molar-refractivity contribution in [1.82, 2.24) is 25.1 Å². The van der Waals surface area contributed by atoms with E-state index < -0.39 is 0 Å². The molecule has 0 bridgehead atoms. The molecular formula is C22H27N5. The molecule has 1 unspecified atom stereocenters. The summed E-state index contributed by atoms with van der Waals surface area (Å²) in [5, 5.41) is 12.8. The molecule has 140 valence electrons. The van der Waals surface area contributed by atoms with Crippen LogP contribution in [0.1, 0.15) is 48.3 Å². The minimum absolute atomic E-state index is 0.0943. The van der Waals surface area contributed by atoms with Crippen molar-refractivity contribution in [3.05, 3.63) is 77.1 Å². The van der Waals surface area contributed by atoms with Gasteiger partial charge in [0.2, 0.25) is 0 Å². The largest absolute Gasteiger partial charge is 0.290 e. The number of aryl methyl sites for hydroxylation is 1. The number of nitrogens with zero attached hydrogens (tertiary/aromatic N) is 5. The molecule has 1 atom stereocenters. The zero-order valence-electron chi connectivity index (χ0n) is 16.1. The molecule has 1 aromatic heterocycles. The fourth-order valence-electron chi connectivity index (χ4n) is 3.84. The van der Waals surface area contributed by atoms with E-state index in [1.54, 1.807) is 0 Å². The molecule has 0 spiro atoms. The third kappa shape index (κ3) is 4.08. The third-order valence-corrected chi connectivity index (χ3v) is 5.56. The lowest BCUT2D eigenvalue weighted by molar-refractivity contribution is 0.150. The maximum Gasteiger partial charge on any atom is 0.173 e. The van der Waals surface area contributed by atoms with Crippen LogP contribution in [-0.4, -0.2) is 38.2 Å². The molecule has 27 heavy (non-hydrogen) atoms. The van der Waals surface area contributed by atoms with Crippen LogP contribution in [0.5, 0.6) is 0 Å². The van der Waals surface area contributed by atoms with Crippen LogP contribution in [0.25, 0.3) is 0 Å². The molecule has 1 fully saturated rings. The molecular weight excluding hydrogens is 334 g/mol. The summed E-state index contributed by atoms with van der Waals surface area (Å²) in [5.74, 6) is 1.72. The fraction of sp³-hybridized carbons (Fsp3) is 0.409. The van der Waals surface area contributed by atoms with Gasteiger partial charge in [-0.1, -0.05) is 67.1 Å². The third-order valence-electron chi connectivity index (χ3n) is 5.56. The van der Waals surface area contributed by atoms with Crippen molar-refractivity contribution >= 4 is 0 Å². The number of hydrogen-bond donors (Lipinski definition) is 0. The van der Waals surface area contributed by atoms with Crippen LogP contribution in [0.2, 0.25) is 0 Å². The Morgan fingerprint density at radius 1 is 1.00 bits per heavy atom. The Labute approximate surface area is 161 Å². The van der Waals surface area contributed by atoms with Gasteiger partial charge in [0.1, 0.15) is 0 Å². The molecule has 1 saturated heterocycles. The molecule has 4 rings (SSSR count). The summed E-state index contributed by atoms with van der Waals surface area (Å²) < 4.78 is 1.96. The van der Waals surface area contributed by atoms with Crippen LogP contribution in [0.3, 0.4) is 0 Å². The summed E-state index contributed by atoms with van der Waals surface area (Å²) in [7, 11) is 0. The first-order valence-electron chi connectivity index (χ1n) is 9.81. The quantitative estimate of drug-likeness (QED) is 0.692. The lowest BCUT2D eigenvalue weighted by atomic mass is 9.95. The highest BCUT2D eigenvalue weighted by molar-refractivity contribution is 5.28. The molecule has 0 amide bonds. The minimum Gasteiger partial charge on any atom is -0.290 e. The van der Waals surface area contributed by atoms with Crippen LogP contribution in [0, 0.1) is 12.8 Å². The summed E-state index contributed by atoms with van der Waals surface area (Å²) in [6.45, 7) is 7.32. The molecule has 0 N–H and O–H groups in total. The van der Waals surface area contributed by atoms with E-state index in [-0.39, 0.29) is 6.04 Å². The second-order valence-electron chi connectivity index (χ2n) is 7.71. The van der Waals surface area contributed by atoms with Crippen molar-refractivity contribution in [2.45, 2.75) is 39.3 Å². The SMILES string of the molecule is Cc1ccc(C(c2nnnn2Cc2ccccc2)N2CCC(C)CC2)cc1. The first-order chi connectivity index (χ1) is 13.2.